The summed E-state index contributed by atoms with van der Waals surface area (Å²) in [6, 6.07) is 56.2. The Morgan fingerprint density at radius 1 is 0.391 bits per heavy atom. The van der Waals surface area contributed by atoms with Gasteiger partial charge < -0.3 is 4.57 Å². The Morgan fingerprint density at radius 2 is 1.02 bits per heavy atom. The Hall–Kier alpha value is -5.70. The van der Waals surface area contributed by atoms with Crippen LogP contribution in [-0.4, -0.2) is 4.57 Å². The van der Waals surface area contributed by atoms with Crippen molar-refractivity contribution in [1.29, 1.82) is 0 Å². The molecule has 0 N–H and O–H groups in total. The number of hydrogen-bond acceptors (Lipinski definition) is 1. The zero-order valence-electron chi connectivity index (χ0n) is 24.8. The summed E-state index contributed by atoms with van der Waals surface area (Å²) in [7, 11) is 0. The topological polar surface area (TPSA) is 4.93 Å². The lowest BCUT2D eigenvalue weighted by Crippen LogP contribution is -1.95. The molecule has 0 amide bonds. The Morgan fingerprint density at radius 3 is 1.89 bits per heavy atom. The highest BCUT2D eigenvalue weighted by Gasteiger charge is 2.24. The second-order valence-electron chi connectivity index (χ2n) is 12.4. The first kappa shape index (κ1) is 24.6. The Kier molecular flexibility index (Phi) is 4.78. The van der Waals surface area contributed by atoms with E-state index < -0.39 is 0 Å². The van der Waals surface area contributed by atoms with Crippen LogP contribution in [0.1, 0.15) is 0 Å². The number of rotatable bonds is 2. The molecule has 0 spiro atoms. The van der Waals surface area contributed by atoms with Crippen LogP contribution in [0.25, 0.3) is 103 Å². The molecule has 11 rings (SSSR count). The first-order valence-electron chi connectivity index (χ1n) is 15.9. The molecular weight excluding hydrogens is 575 g/mol. The van der Waals surface area contributed by atoms with Gasteiger partial charge in [0.2, 0.25) is 0 Å². The van der Waals surface area contributed by atoms with Crippen molar-refractivity contribution in [3.8, 4) is 39.1 Å². The third-order valence-electron chi connectivity index (χ3n) is 10.1. The summed E-state index contributed by atoms with van der Waals surface area (Å²) >= 11 is 1.91. The molecule has 1 aliphatic rings. The molecule has 0 bridgehead atoms. The number of nitrogens with zero attached hydrogens (tertiary/aromatic N) is 1. The average molecular weight is 600 g/mol. The lowest BCUT2D eigenvalue weighted by atomic mass is 9.94. The summed E-state index contributed by atoms with van der Waals surface area (Å²) < 4.78 is 5.22. The fraction of sp³-hybridized carbons (Fsp3) is 0. The van der Waals surface area contributed by atoms with Crippen molar-refractivity contribution < 1.29 is 0 Å². The maximum absolute atomic E-state index is 2.51. The molecule has 8 aromatic carbocycles. The summed E-state index contributed by atoms with van der Waals surface area (Å²) in [6.45, 7) is 0. The SMILES string of the molecule is c1cc(-c2ccc3c4c(cccc24)-c2ccccc2-3)cc(-n2c3ccccc3c3c4c5ccccc5sc4c4ccccc4c32)c1. The lowest BCUT2D eigenvalue weighted by Gasteiger charge is -2.14. The van der Waals surface area contributed by atoms with Gasteiger partial charge in [0.1, 0.15) is 0 Å². The first-order chi connectivity index (χ1) is 22.8. The van der Waals surface area contributed by atoms with Gasteiger partial charge >= 0.3 is 0 Å². The van der Waals surface area contributed by atoms with E-state index in [4.69, 9.17) is 0 Å². The second-order valence-corrected chi connectivity index (χ2v) is 13.5. The van der Waals surface area contributed by atoms with Crippen LogP contribution in [-0.2, 0) is 0 Å². The van der Waals surface area contributed by atoms with Gasteiger partial charge in [-0.3, -0.25) is 0 Å². The van der Waals surface area contributed by atoms with E-state index in [2.05, 4.69) is 156 Å². The molecule has 0 atom stereocenters. The van der Waals surface area contributed by atoms with Crippen LogP contribution in [0.3, 0.4) is 0 Å². The Labute approximate surface area is 269 Å². The van der Waals surface area contributed by atoms with Gasteiger partial charge in [0.05, 0.1) is 11.0 Å². The second kappa shape index (κ2) is 8.94. The zero-order valence-corrected chi connectivity index (χ0v) is 25.6. The third-order valence-corrected chi connectivity index (χ3v) is 11.3. The average Bonchev–Trinajstić information content (AvgIpc) is 3.78. The van der Waals surface area contributed by atoms with Crippen LogP contribution in [0, 0.1) is 0 Å². The van der Waals surface area contributed by atoms with Crippen LogP contribution >= 0.6 is 11.3 Å². The molecule has 2 aromatic heterocycles. The lowest BCUT2D eigenvalue weighted by molar-refractivity contribution is 1.19. The smallest absolute Gasteiger partial charge is 0.0626 e. The predicted molar refractivity (Wildman–Crippen MR) is 199 cm³/mol. The van der Waals surface area contributed by atoms with Gasteiger partial charge in [-0.15, -0.1) is 11.3 Å². The van der Waals surface area contributed by atoms with Gasteiger partial charge in [-0.05, 0) is 68.4 Å². The van der Waals surface area contributed by atoms with Crippen LogP contribution in [0.15, 0.2) is 152 Å². The molecule has 0 unspecified atom stereocenters. The maximum atomic E-state index is 2.51. The fourth-order valence-corrected chi connectivity index (χ4v) is 9.51. The van der Waals surface area contributed by atoms with Crippen LogP contribution in [0.5, 0.6) is 0 Å². The van der Waals surface area contributed by atoms with Crippen LogP contribution in [0.2, 0.25) is 0 Å². The normalized spacial score (nSPS) is 12.3. The molecule has 1 nitrogen and oxygen atoms in total. The van der Waals surface area contributed by atoms with Crippen molar-refractivity contribution in [2.45, 2.75) is 0 Å². The molecule has 10 aromatic rings. The summed E-state index contributed by atoms with van der Waals surface area (Å²) in [6.07, 6.45) is 0. The van der Waals surface area contributed by atoms with Gasteiger partial charge in [-0.1, -0.05) is 127 Å². The molecule has 2 heterocycles. The van der Waals surface area contributed by atoms with Gasteiger partial charge in [0.15, 0.2) is 0 Å². The van der Waals surface area contributed by atoms with Crippen molar-refractivity contribution in [2.24, 2.45) is 0 Å². The van der Waals surface area contributed by atoms with Crippen molar-refractivity contribution in [1.82, 2.24) is 4.57 Å². The summed E-state index contributed by atoms with van der Waals surface area (Å²) in [5.41, 5.74) is 11.5. The minimum Gasteiger partial charge on any atom is -0.309 e. The van der Waals surface area contributed by atoms with E-state index in [0.29, 0.717) is 0 Å². The summed E-state index contributed by atoms with van der Waals surface area (Å²) in [5, 5.41) is 10.6. The highest BCUT2D eigenvalue weighted by atomic mass is 32.1. The number of para-hydroxylation sites is 1. The highest BCUT2D eigenvalue weighted by Crippen LogP contribution is 2.50. The van der Waals surface area contributed by atoms with Crippen LogP contribution < -0.4 is 0 Å². The van der Waals surface area contributed by atoms with Crippen molar-refractivity contribution in [2.75, 3.05) is 0 Å². The van der Waals surface area contributed by atoms with Gasteiger partial charge in [-0.2, -0.15) is 0 Å². The number of hydrogen-bond donors (Lipinski definition) is 0. The fourth-order valence-electron chi connectivity index (χ4n) is 8.26. The standard InChI is InChI=1S/C44H25NS/c1-2-14-30-29(13-1)32-20-10-19-31-28(23-24-33(30)40(31)32)26-11-9-12-27(25-26)45-38-21-7-5-17-36(38)41-42-37-18-6-8-22-39(37)46-44(42)35-16-4-3-15-34(35)43(41)45/h1-25H. The molecule has 2 heteroatoms. The van der Waals surface area contributed by atoms with Crippen molar-refractivity contribution in [3.05, 3.63) is 152 Å². The van der Waals surface area contributed by atoms with E-state index in [-0.39, 0.29) is 0 Å². The molecule has 212 valence electrons. The third kappa shape index (κ3) is 3.09. The molecular formula is C44H25NS. The minimum absolute atomic E-state index is 1.18. The van der Waals surface area contributed by atoms with E-state index in [1.54, 1.807) is 0 Å². The van der Waals surface area contributed by atoms with E-state index >= 15 is 0 Å². The number of aromatic nitrogens is 1. The van der Waals surface area contributed by atoms with E-state index in [9.17, 15) is 0 Å². The van der Waals surface area contributed by atoms with Crippen LogP contribution in [0.4, 0.5) is 0 Å². The summed E-state index contributed by atoms with van der Waals surface area (Å²) in [4.78, 5) is 0. The first-order valence-corrected chi connectivity index (χ1v) is 16.7. The molecule has 1 aliphatic carbocycles. The predicted octanol–water partition coefficient (Wildman–Crippen LogP) is 12.8. The van der Waals surface area contributed by atoms with Gasteiger partial charge in [0.25, 0.3) is 0 Å². The highest BCUT2D eigenvalue weighted by molar-refractivity contribution is 7.27. The molecule has 0 saturated heterocycles. The van der Waals surface area contributed by atoms with Gasteiger partial charge in [-0.25, -0.2) is 0 Å². The molecule has 0 aliphatic heterocycles. The Balaban J connectivity index is 1.24. The number of thiophene rings is 1. The number of benzene rings is 8. The van der Waals surface area contributed by atoms with E-state index in [0.717, 1.165) is 0 Å². The summed E-state index contributed by atoms with van der Waals surface area (Å²) in [5.74, 6) is 0. The quantitative estimate of drug-likeness (QED) is 0.186. The van der Waals surface area contributed by atoms with Crippen molar-refractivity contribution in [3.63, 3.8) is 0 Å². The molecule has 46 heavy (non-hydrogen) atoms. The van der Waals surface area contributed by atoms with Crippen molar-refractivity contribution >= 4 is 74.9 Å². The molecule has 0 fully saturated rings. The molecule has 0 radical (unpaired) electrons. The zero-order chi connectivity index (χ0) is 29.9. The van der Waals surface area contributed by atoms with E-state index in [1.807, 2.05) is 11.3 Å². The Bertz CT molecular complexity index is 2890. The minimum atomic E-state index is 1.18. The van der Waals surface area contributed by atoms with Gasteiger partial charge in [0, 0.05) is 47.4 Å². The van der Waals surface area contributed by atoms with E-state index in [1.165, 1.54) is 103 Å². The largest absolute Gasteiger partial charge is 0.309 e. The number of fused-ring (bicyclic) bond motifs is 13. The monoisotopic (exact) mass is 599 g/mol. The maximum Gasteiger partial charge on any atom is 0.0626 e. The molecule has 0 saturated carbocycles.